The SMILES string of the molecule is CCCCCC(/C=C/C=C\C/C=C\C/C=C\CCCC(=O)O)OO.CCCCCC(/C=C/C=C\CCCCCCCC(=O)O)OO. The molecule has 0 fully saturated rings. The van der Waals surface area contributed by atoms with Gasteiger partial charge >= 0.3 is 11.9 Å². The summed E-state index contributed by atoms with van der Waals surface area (Å²) in [4.78, 5) is 29.5. The zero-order valence-corrected chi connectivity index (χ0v) is 28.6. The normalized spacial score (nSPS) is 13.5. The third-order valence-corrected chi connectivity index (χ3v) is 7.00. The average molecular weight is 649 g/mol. The number of carboxylic acids is 2. The van der Waals surface area contributed by atoms with Gasteiger partial charge in [-0.1, -0.05) is 145 Å². The second-order valence-corrected chi connectivity index (χ2v) is 11.3. The first-order valence-corrected chi connectivity index (χ1v) is 17.4. The molecule has 46 heavy (non-hydrogen) atoms. The summed E-state index contributed by atoms with van der Waals surface area (Å²) < 4.78 is 0. The van der Waals surface area contributed by atoms with Gasteiger partial charge in [-0.2, -0.15) is 0 Å². The van der Waals surface area contributed by atoms with Crippen LogP contribution >= 0.6 is 0 Å². The van der Waals surface area contributed by atoms with Crippen molar-refractivity contribution in [3.63, 3.8) is 0 Å². The Hall–Kier alpha value is -2.78. The standard InChI is InChI=1S/C20H32O4.C18H32O4/c1-2-3-13-16-19(24-23)17-14-11-9-7-5-4-6-8-10-12-15-18-20(21)22;1-2-3-11-14-17(22-21)15-12-9-7-5-4-6-8-10-13-16-18(19)20/h4-5,8-11,14,17,19,23H,2-3,6-7,12-13,15-16,18H2,1H3,(H,21,22);7,9,12,15,17,21H,2-6,8,10-11,13-14,16H2,1H3,(H,19,20)/b5-4-,10-8-,11-9-,17-14+;9-7-,15-12+. The highest BCUT2D eigenvalue weighted by atomic mass is 17.1. The van der Waals surface area contributed by atoms with E-state index in [4.69, 9.17) is 20.7 Å². The minimum atomic E-state index is -0.734. The lowest BCUT2D eigenvalue weighted by atomic mass is 10.1. The van der Waals surface area contributed by atoms with Crippen molar-refractivity contribution in [2.75, 3.05) is 0 Å². The van der Waals surface area contributed by atoms with Crippen molar-refractivity contribution in [1.82, 2.24) is 0 Å². The molecule has 0 saturated carbocycles. The second kappa shape index (κ2) is 38.4. The molecule has 0 aromatic carbocycles. The van der Waals surface area contributed by atoms with Crippen LogP contribution in [0.25, 0.3) is 0 Å². The zero-order chi connectivity index (χ0) is 34.4. The summed E-state index contributed by atoms with van der Waals surface area (Å²) in [7, 11) is 0. The number of aliphatic carboxylic acids is 2. The van der Waals surface area contributed by atoms with Gasteiger partial charge in [0.05, 0.1) is 0 Å². The van der Waals surface area contributed by atoms with Gasteiger partial charge in [0.15, 0.2) is 0 Å². The molecule has 0 radical (unpaired) electrons. The summed E-state index contributed by atoms with van der Waals surface area (Å²) in [6.07, 6.45) is 42.0. The van der Waals surface area contributed by atoms with E-state index in [9.17, 15) is 9.59 Å². The minimum absolute atomic E-state index is 0.203. The first-order valence-electron chi connectivity index (χ1n) is 17.4. The Balaban J connectivity index is 0. The molecule has 0 saturated heterocycles. The Bertz CT molecular complexity index is 857. The van der Waals surface area contributed by atoms with Gasteiger partial charge in [0.1, 0.15) is 12.2 Å². The van der Waals surface area contributed by atoms with Crippen LogP contribution in [0.1, 0.15) is 142 Å². The summed E-state index contributed by atoms with van der Waals surface area (Å²) in [6.45, 7) is 4.30. The van der Waals surface area contributed by atoms with Crippen molar-refractivity contribution < 1.29 is 40.1 Å². The Morgan fingerprint density at radius 2 is 0.978 bits per heavy atom. The molecule has 0 heterocycles. The van der Waals surface area contributed by atoms with Gasteiger partial charge < -0.3 is 10.2 Å². The van der Waals surface area contributed by atoms with Crippen LogP contribution < -0.4 is 0 Å². The molecule has 0 bridgehead atoms. The number of carbonyl (C=O) groups is 2. The van der Waals surface area contributed by atoms with E-state index in [1.165, 1.54) is 0 Å². The van der Waals surface area contributed by atoms with Crippen LogP contribution in [0, 0.1) is 0 Å². The highest BCUT2D eigenvalue weighted by Crippen LogP contribution is 2.10. The molecule has 8 heteroatoms. The summed E-state index contributed by atoms with van der Waals surface area (Å²) in [5.74, 6) is -1.43. The number of unbranched alkanes of at least 4 members (excludes halogenated alkanes) is 10. The molecule has 8 nitrogen and oxygen atoms in total. The zero-order valence-electron chi connectivity index (χ0n) is 28.6. The molecule has 0 aliphatic carbocycles. The van der Waals surface area contributed by atoms with Crippen LogP contribution in [0.4, 0.5) is 0 Å². The quantitative estimate of drug-likeness (QED) is 0.0199. The van der Waals surface area contributed by atoms with E-state index in [-0.39, 0.29) is 25.0 Å². The van der Waals surface area contributed by atoms with Crippen molar-refractivity contribution in [1.29, 1.82) is 0 Å². The molecule has 0 amide bonds. The number of hydrogen-bond acceptors (Lipinski definition) is 6. The topological polar surface area (TPSA) is 134 Å². The van der Waals surface area contributed by atoms with Crippen molar-refractivity contribution in [3.8, 4) is 0 Å². The number of rotatable bonds is 30. The maximum atomic E-state index is 10.3. The molecular formula is C38H64O8. The van der Waals surface area contributed by atoms with Crippen LogP contribution in [-0.2, 0) is 19.4 Å². The first-order chi connectivity index (χ1) is 22.4. The molecule has 0 aromatic heterocycles. The van der Waals surface area contributed by atoms with Crippen molar-refractivity contribution in [2.45, 2.75) is 154 Å². The third kappa shape index (κ3) is 39.2. The molecule has 4 N–H and O–H groups in total. The molecule has 0 aromatic rings. The van der Waals surface area contributed by atoms with E-state index < -0.39 is 11.9 Å². The van der Waals surface area contributed by atoms with Gasteiger partial charge in [0, 0.05) is 12.8 Å². The summed E-state index contributed by atoms with van der Waals surface area (Å²) in [5, 5.41) is 34.6. The number of hydrogen-bond donors (Lipinski definition) is 4. The predicted molar refractivity (Wildman–Crippen MR) is 189 cm³/mol. The number of allylic oxidation sites excluding steroid dienone is 10. The fraction of sp³-hybridized carbons (Fsp3) is 0.632. The lowest BCUT2D eigenvalue weighted by Crippen LogP contribution is -2.06. The monoisotopic (exact) mass is 648 g/mol. The Kier molecular flexibility index (Phi) is 37.9. The van der Waals surface area contributed by atoms with E-state index in [0.717, 1.165) is 109 Å². The third-order valence-electron chi connectivity index (χ3n) is 7.00. The van der Waals surface area contributed by atoms with Crippen LogP contribution in [0.15, 0.2) is 72.9 Å². The predicted octanol–water partition coefficient (Wildman–Crippen LogP) is 11.0. The largest absolute Gasteiger partial charge is 0.481 e. The Morgan fingerprint density at radius 1 is 0.522 bits per heavy atom. The smallest absolute Gasteiger partial charge is 0.303 e. The molecular weight excluding hydrogens is 584 g/mol. The Labute approximate surface area is 279 Å². The van der Waals surface area contributed by atoms with Crippen molar-refractivity contribution >= 4 is 11.9 Å². The fourth-order valence-electron chi connectivity index (χ4n) is 4.27. The maximum absolute atomic E-state index is 10.3. The van der Waals surface area contributed by atoms with Crippen LogP contribution in [0.2, 0.25) is 0 Å². The van der Waals surface area contributed by atoms with Crippen LogP contribution in [0.3, 0.4) is 0 Å². The lowest BCUT2D eigenvalue weighted by Gasteiger charge is -2.07. The van der Waals surface area contributed by atoms with Crippen molar-refractivity contribution in [3.05, 3.63) is 72.9 Å². The summed E-state index contributed by atoms with van der Waals surface area (Å²) in [5.41, 5.74) is 0. The molecule has 0 aliphatic heterocycles. The highest BCUT2D eigenvalue weighted by Gasteiger charge is 2.03. The lowest BCUT2D eigenvalue weighted by molar-refractivity contribution is -0.267. The second-order valence-electron chi connectivity index (χ2n) is 11.3. The summed E-state index contributed by atoms with van der Waals surface area (Å²) in [6, 6.07) is 0. The first kappa shape index (κ1) is 45.3. The van der Waals surface area contributed by atoms with E-state index >= 15 is 0 Å². The highest BCUT2D eigenvalue weighted by molar-refractivity contribution is 5.66. The van der Waals surface area contributed by atoms with E-state index in [1.807, 2.05) is 48.6 Å². The molecule has 0 rings (SSSR count). The summed E-state index contributed by atoms with van der Waals surface area (Å²) >= 11 is 0. The molecule has 2 unspecified atom stereocenters. The van der Waals surface area contributed by atoms with Gasteiger partial charge in [-0.25, -0.2) is 9.78 Å². The fourth-order valence-corrected chi connectivity index (χ4v) is 4.27. The molecule has 0 aliphatic rings. The van der Waals surface area contributed by atoms with Crippen LogP contribution in [0.5, 0.6) is 0 Å². The van der Waals surface area contributed by atoms with E-state index in [1.54, 1.807) is 0 Å². The van der Waals surface area contributed by atoms with E-state index in [2.05, 4.69) is 47.9 Å². The Morgan fingerprint density at radius 3 is 1.52 bits per heavy atom. The average Bonchev–Trinajstić information content (AvgIpc) is 3.04. The van der Waals surface area contributed by atoms with Gasteiger partial charge in [-0.15, -0.1) is 0 Å². The van der Waals surface area contributed by atoms with Crippen molar-refractivity contribution in [2.24, 2.45) is 0 Å². The van der Waals surface area contributed by atoms with Gasteiger partial charge in [-0.05, 0) is 57.8 Å². The number of carboxylic acid groups (broad SMARTS) is 2. The molecule has 264 valence electrons. The van der Waals surface area contributed by atoms with Gasteiger partial charge in [-0.3, -0.25) is 20.1 Å². The van der Waals surface area contributed by atoms with Gasteiger partial charge in [0.25, 0.3) is 0 Å². The maximum Gasteiger partial charge on any atom is 0.303 e. The minimum Gasteiger partial charge on any atom is -0.481 e. The van der Waals surface area contributed by atoms with Crippen LogP contribution in [-0.4, -0.2) is 44.9 Å². The van der Waals surface area contributed by atoms with E-state index in [0.29, 0.717) is 6.42 Å². The molecule has 0 spiro atoms. The molecule has 2 atom stereocenters. The van der Waals surface area contributed by atoms with Gasteiger partial charge in [0.2, 0.25) is 0 Å².